The smallest absolute Gasteiger partial charge is 0.251 e. The third kappa shape index (κ3) is 5.37. The van der Waals surface area contributed by atoms with Gasteiger partial charge in [0.2, 0.25) is 5.91 Å². The average Bonchev–Trinajstić information content (AvgIpc) is 2.51. The molecular formula is C17H16BrClN2O2. The minimum Gasteiger partial charge on any atom is -0.352 e. The lowest BCUT2D eigenvalue weighted by atomic mass is 10.2. The second kappa shape index (κ2) is 8.13. The van der Waals surface area contributed by atoms with Crippen LogP contribution in [0.25, 0.3) is 0 Å². The van der Waals surface area contributed by atoms with Gasteiger partial charge in [-0.1, -0.05) is 33.6 Å². The van der Waals surface area contributed by atoms with Gasteiger partial charge in [-0.3, -0.25) is 9.59 Å². The van der Waals surface area contributed by atoms with Crippen LogP contribution < -0.4 is 10.6 Å². The molecule has 0 aliphatic rings. The van der Waals surface area contributed by atoms with Crippen molar-refractivity contribution in [3.63, 3.8) is 0 Å². The maximum Gasteiger partial charge on any atom is 0.251 e. The van der Waals surface area contributed by atoms with E-state index in [-0.39, 0.29) is 24.8 Å². The van der Waals surface area contributed by atoms with Gasteiger partial charge in [-0.05, 0) is 48.9 Å². The van der Waals surface area contributed by atoms with E-state index >= 15 is 0 Å². The number of nitrogens with one attached hydrogen (secondary N) is 2. The van der Waals surface area contributed by atoms with Gasteiger partial charge >= 0.3 is 0 Å². The van der Waals surface area contributed by atoms with Crippen molar-refractivity contribution in [1.82, 2.24) is 5.32 Å². The number of halogens is 2. The number of hydrogen-bond donors (Lipinski definition) is 2. The van der Waals surface area contributed by atoms with E-state index < -0.39 is 0 Å². The number of amides is 2. The molecule has 0 saturated heterocycles. The molecule has 4 nitrogen and oxygen atoms in total. The number of rotatable bonds is 5. The predicted molar refractivity (Wildman–Crippen MR) is 95.9 cm³/mol. The predicted octanol–water partition coefficient (Wildman–Crippen LogP) is 4.17. The highest BCUT2D eigenvalue weighted by molar-refractivity contribution is 9.10. The first-order valence-corrected chi connectivity index (χ1v) is 8.22. The zero-order valence-electron chi connectivity index (χ0n) is 12.5. The Labute approximate surface area is 148 Å². The molecular weight excluding hydrogens is 380 g/mol. The van der Waals surface area contributed by atoms with Crippen LogP contribution in [0.5, 0.6) is 0 Å². The molecule has 2 amide bonds. The lowest BCUT2D eigenvalue weighted by Crippen LogP contribution is -2.27. The van der Waals surface area contributed by atoms with E-state index in [4.69, 9.17) is 11.6 Å². The van der Waals surface area contributed by atoms with Gasteiger partial charge in [0.15, 0.2) is 0 Å². The summed E-state index contributed by atoms with van der Waals surface area (Å²) in [5.41, 5.74) is 2.15. The Bertz CT molecular complexity index is 717. The summed E-state index contributed by atoms with van der Waals surface area (Å²) in [7, 11) is 0. The second-order valence-corrected chi connectivity index (χ2v) is 6.35. The molecule has 0 aliphatic heterocycles. The van der Waals surface area contributed by atoms with Crippen molar-refractivity contribution in [3.8, 4) is 0 Å². The van der Waals surface area contributed by atoms with Gasteiger partial charge in [0.25, 0.3) is 5.91 Å². The van der Waals surface area contributed by atoms with Crippen LogP contribution in [0.1, 0.15) is 22.3 Å². The minimum atomic E-state index is -0.205. The van der Waals surface area contributed by atoms with Crippen LogP contribution in [0.2, 0.25) is 5.02 Å². The van der Waals surface area contributed by atoms with Gasteiger partial charge in [0.05, 0.1) is 0 Å². The summed E-state index contributed by atoms with van der Waals surface area (Å²) in [4.78, 5) is 23.8. The zero-order valence-corrected chi connectivity index (χ0v) is 14.9. The van der Waals surface area contributed by atoms with Gasteiger partial charge in [-0.15, -0.1) is 0 Å². The van der Waals surface area contributed by atoms with Crippen molar-refractivity contribution in [2.45, 2.75) is 13.3 Å². The Hall–Kier alpha value is -1.85. The molecule has 2 rings (SSSR count). The molecule has 23 heavy (non-hydrogen) atoms. The zero-order chi connectivity index (χ0) is 16.8. The summed E-state index contributed by atoms with van der Waals surface area (Å²) in [6.45, 7) is 2.16. The Morgan fingerprint density at radius 2 is 1.83 bits per heavy atom. The topological polar surface area (TPSA) is 58.2 Å². The fourth-order valence-corrected chi connectivity index (χ4v) is 2.33. The molecule has 0 atom stereocenters. The quantitative estimate of drug-likeness (QED) is 0.798. The summed E-state index contributed by atoms with van der Waals surface area (Å²) in [5.74, 6) is -0.385. The summed E-state index contributed by atoms with van der Waals surface area (Å²) in [6, 6.07) is 12.4. The van der Waals surface area contributed by atoms with E-state index in [1.165, 1.54) is 0 Å². The lowest BCUT2D eigenvalue weighted by molar-refractivity contribution is -0.116. The standard InChI is InChI=1S/C17H16BrClN2O2/c1-11-2-7-14(10-15(11)19)21-16(22)8-9-20-17(23)12-3-5-13(18)6-4-12/h2-7,10H,8-9H2,1H3,(H,20,23)(H,21,22). The summed E-state index contributed by atoms with van der Waals surface area (Å²) < 4.78 is 0.908. The van der Waals surface area contributed by atoms with Crippen molar-refractivity contribution in [3.05, 3.63) is 63.1 Å². The molecule has 0 unspecified atom stereocenters. The molecule has 0 fully saturated rings. The first-order valence-electron chi connectivity index (χ1n) is 7.05. The van der Waals surface area contributed by atoms with E-state index in [2.05, 4.69) is 26.6 Å². The normalized spacial score (nSPS) is 10.2. The highest BCUT2D eigenvalue weighted by atomic mass is 79.9. The molecule has 2 aromatic carbocycles. The first-order chi connectivity index (χ1) is 11.0. The number of anilines is 1. The maximum atomic E-state index is 11.9. The fraction of sp³-hybridized carbons (Fsp3) is 0.176. The van der Waals surface area contributed by atoms with E-state index in [0.717, 1.165) is 10.0 Å². The molecule has 0 radical (unpaired) electrons. The summed E-state index contributed by atoms with van der Waals surface area (Å²) in [5, 5.41) is 6.07. The third-order valence-electron chi connectivity index (χ3n) is 3.20. The largest absolute Gasteiger partial charge is 0.352 e. The van der Waals surface area contributed by atoms with Gasteiger partial charge in [0.1, 0.15) is 0 Å². The van der Waals surface area contributed by atoms with Crippen molar-refractivity contribution in [1.29, 1.82) is 0 Å². The van der Waals surface area contributed by atoms with Gasteiger partial charge < -0.3 is 10.6 Å². The molecule has 0 bridgehead atoms. The van der Waals surface area contributed by atoms with Crippen LogP contribution in [0.15, 0.2) is 46.9 Å². The molecule has 0 heterocycles. The molecule has 0 spiro atoms. The van der Waals surface area contributed by atoms with Crippen LogP contribution in [0.4, 0.5) is 5.69 Å². The first kappa shape index (κ1) is 17.5. The van der Waals surface area contributed by atoms with Crippen LogP contribution in [0.3, 0.4) is 0 Å². The van der Waals surface area contributed by atoms with E-state index in [1.54, 1.807) is 36.4 Å². The van der Waals surface area contributed by atoms with E-state index in [9.17, 15) is 9.59 Å². The van der Waals surface area contributed by atoms with Crippen LogP contribution in [-0.2, 0) is 4.79 Å². The van der Waals surface area contributed by atoms with Crippen LogP contribution in [-0.4, -0.2) is 18.4 Å². The highest BCUT2D eigenvalue weighted by Crippen LogP contribution is 2.19. The number of carbonyl (C=O) groups is 2. The van der Waals surface area contributed by atoms with Crippen LogP contribution >= 0.6 is 27.5 Å². The number of carbonyl (C=O) groups excluding carboxylic acids is 2. The Morgan fingerprint density at radius 3 is 2.48 bits per heavy atom. The van der Waals surface area contributed by atoms with E-state index in [1.807, 2.05) is 13.0 Å². The lowest BCUT2D eigenvalue weighted by Gasteiger charge is -2.08. The van der Waals surface area contributed by atoms with Crippen molar-refractivity contribution < 1.29 is 9.59 Å². The van der Waals surface area contributed by atoms with Gasteiger partial charge in [-0.25, -0.2) is 0 Å². The van der Waals surface area contributed by atoms with Crippen molar-refractivity contribution >= 4 is 45.0 Å². The molecule has 2 N–H and O–H groups in total. The second-order valence-electron chi connectivity index (χ2n) is 5.02. The Balaban J connectivity index is 1.79. The van der Waals surface area contributed by atoms with Gasteiger partial charge in [0, 0.05) is 33.7 Å². The fourth-order valence-electron chi connectivity index (χ4n) is 1.89. The Kier molecular flexibility index (Phi) is 6.19. The molecule has 0 aromatic heterocycles. The number of hydrogen-bond acceptors (Lipinski definition) is 2. The van der Waals surface area contributed by atoms with Crippen molar-refractivity contribution in [2.75, 3.05) is 11.9 Å². The number of benzene rings is 2. The molecule has 120 valence electrons. The third-order valence-corrected chi connectivity index (χ3v) is 4.14. The Morgan fingerprint density at radius 1 is 1.13 bits per heavy atom. The maximum absolute atomic E-state index is 11.9. The van der Waals surface area contributed by atoms with Gasteiger partial charge in [-0.2, -0.15) is 0 Å². The molecule has 0 saturated carbocycles. The molecule has 2 aromatic rings. The molecule has 6 heteroatoms. The molecule has 0 aliphatic carbocycles. The van der Waals surface area contributed by atoms with Crippen LogP contribution in [0, 0.1) is 6.92 Å². The summed E-state index contributed by atoms with van der Waals surface area (Å²) >= 11 is 9.32. The monoisotopic (exact) mass is 394 g/mol. The summed E-state index contributed by atoms with van der Waals surface area (Å²) in [6.07, 6.45) is 0.188. The minimum absolute atomic E-state index is 0.180. The average molecular weight is 396 g/mol. The van der Waals surface area contributed by atoms with E-state index in [0.29, 0.717) is 16.3 Å². The van der Waals surface area contributed by atoms with Crippen molar-refractivity contribution in [2.24, 2.45) is 0 Å². The number of aryl methyl sites for hydroxylation is 1. The highest BCUT2D eigenvalue weighted by Gasteiger charge is 2.07. The SMILES string of the molecule is Cc1ccc(NC(=O)CCNC(=O)c2ccc(Br)cc2)cc1Cl.